The first-order valence-corrected chi connectivity index (χ1v) is 6.57. The quantitative estimate of drug-likeness (QED) is 0.768. The molecule has 0 amide bonds. The molecule has 0 bridgehead atoms. The summed E-state index contributed by atoms with van der Waals surface area (Å²) in [5.74, 6) is -0.348. The van der Waals surface area contributed by atoms with Gasteiger partial charge < -0.3 is 5.32 Å². The predicted molar refractivity (Wildman–Crippen MR) is 79.4 cm³/mol. The lowest BCUT2D eigenvalue weighted by atomic mass is 10.1. The number of nitrogens with one attached hydrogen (secondary N) is 1. The minimum Gasteiger partial charge on any atom is -0.373 e. The molecule has 0 aliphatic carbocycles. The monoisotopic (exact) mass is 305 g/mol. The first-order valence-electron chi connectivity index (χ1n) is 6.19. The van der Waals surface area contributed by atoms with Gasteiger partial charge in [-0.15, -0.1) is 0 Å². The Labute approximate surface area is 124 Å². The van der Waals surface area contributed by atoms with E-state index in [0.29, 0.717) is 16.7 Å². The molecule has 21 heavy (non-hydrogen) atoms. The predicted octanol–water partition coefficient (Wildman–Crippen LogP) is 4.27. The Morgan fingerprint density at radius 2 is 1.90 bits per heavy atom. The van der Waals surface area contributed by atoms with E-state index >= 15 is 0 Å². The molecular formula is C15H10ClF2N3. The SMILES string of the molecule is CNc1nc(-c2cccc(Cl)c2F)nc2ccc(F)cc12. The molecule has 106 valence electrons. The van der Waals surface area contributed by atoms with Gasteiger partial charge in [-0.2, -0.15) is 0 Å². The molecule has 0 atom stereocenters. The second kappa shape index (κ2) is 5.26. The first-order chi connectivity index (χ1) is 10.1. The Morgan fingerprint density at radius 3 is 2.67 bits per heavy atom. The van der Waals surface area contributed by atoms with Crippen molar-refractivity contribution in [1.29, 1.82) is 0 Å². The van der Waals surface area contributed by atoms with Crippen LogP contribution in [0.15, 0.2) is 36.4 Å². The lowest BCUT2D eigenvalue weighted by Crippen LogP contribution is -2.00. The third-order valence-corrected chi connectivity index (χ3v) is 3.38. The van der Waals surface area contributed by atoms with Gasteiger partial charge in [0.15, 0.2) is 11.6 Å². The number of fused-ring (bicyclic) bond motifs is 1. The van der Waals surface area contributed by atoms with Crippen LogP contribution in [-0.4, -0.2) is 17.0 Å². The Morgan fingerprint density at radius 1 is 1.10 bits per heavy atom. The molecule has 0 aliphatic heterocycles. The van der Waals surface area contributed by atoms with Gasteiger partial charge in [0.1, 0.15) is 11.6 Å². The van der Waals surface area contributed by atoms with Crippen LogP contribution < -0.4 is 5.32 Å². The molecule has 3 aromatic rings. The maximum absolute atomic E-state index is 14.1. The van der Waals surface area contributed by atoms with Crippen molar-refractivity contribution >= 4 is 28.3 Å². The highest BCUT2D eigenvalue weighted by Gasteiger charge is 2.14. The van der Waals surface area contributed by atoms with E-state index in [1.807, 2.05) is 0 Å². The third-order valence-electron chi connectivity index (χ3n) is 3.09. The van der Waals surface area contributed by atoms with Crippen molar-refractivity contribution < 1.29 is 8.78 Å². The van der Waals surface area contributed by atoms with Crippen molar-refractivity contribution in [3.63, 3.8) is 0 Å². The largest absolute Gasteiger partial charge is 0.373 e. The first kappa shape index (κ1) is 13.7. The molecule has 3 rings (SSSR count). The fraction of sp³-hybridized carbons (Fsp3) is 0.0667. The molecule has 2 aromatic carbocycles. The number of hydrogen-bond donors (Lipinski definition) is 1. The van der Waals surface area contributed by atoms with Gasteiger partial charge in [0.25, 0.3) is 0 Å². The van der Waals surface area contributed by atoms with Gasteiger partial charge in [-0.1, -0.05) is 17.7 Å². The van der Waals surface area contributed by atoms with Crippen LogP contribution in [0.2, 0.25) is 5.02 Å². The summed E-state index contributed by atoms with van der Waals surface area (Å²) in [5.41, 5.74) is 0.718. The second-order valence-corrected chi connectivity index (χ2v) is 4.82. The molecule has 0 radical (unpaired) electrons. The molecule has 1 heterocycles. The summed E-state index contributed by atoms with van der Waals surface area (Å²) in [6.07, 6.45) is 0. The van der Waals surface area contributed by atoms with Crippen LogP contribution in [0.3, 0.4) is 0 Å². The fourth-order valence-electron chi connectivity index (χ4n) is 2.09. The summed E-state index contributed by atoms with van der Waals surface area (Å²) in [6, 6.07) is 8.78. The molecule has 6 heteroatoms. The lowest BCUT2D eigenvalue weighted by Gasteiger charge is -2.09. The minimum absolute atomic E-state index is 0.00121. The van der Waals surface area contributed by atoms with Gasteiger partial charge in [0.05, 0.1) is 16.1 Å². The summed E-state index contributed by atoms with van der Waals surface area (Å²) >= 11 is 5.78. The van der Waals surface area contributed by atoms with Gasteiger partial charge >= 0.3 is 0 Å². The van der Waals surface area contributed by atoms with Crippen molar-refractivity contribution in [2.75, 3.05) is 12.4 Å². The number of halogens is 3. The van der Waals surface area contributed by atoms with E-state index in [0.717, 1.165) is 0 Å². The van der Waals surface area contributed by atoms with Crippen LogP contribution >= 0.6 is 11.6 Å². The molecule has 1 aromatic heterocycles. The number of benzene rings is 2. The summed E-state index contributed by atoms with van der Waals surface area (Å²) in [5, 5.41) is 3.40. The van der Waals surface area contributed by atoms with Crippen LogP contribution in [0.5, 0.6) is 0 Å². The number of nitrogens with zero attached hydrogens (tertiary/aromatic N) is 2. The van der Waals surface area contributed by atoms with Crippen LogP contribution in [0.25, 0.3) is 22.3 Å². The van der Waals surface area contributed by atoms with Crippen LogP contribution in [-0.2, 0) is 0 Å². The number of rotatable bonds is 2. The van der Waals surface area contributed by atoms with Crippen molar-refractivity contribution in [3.05, 3.63) is 53.1 Å². The molecule has 3 nitrogen and oxygen atoms in total. The fourth-order valence-corrected chi connectivity index (χ4v) is 2.26. The zero-order chi connectivity index (χ0) is 15.0. The van der Waals surface area contributed by atoms with Gasteiger partial charge in [-0.25, -0.2) is 18.7 Å². The van der Waals surface area contributed by atoms with E-state index in [2.05, 4.69) is 15.3 Å². The highest BCUT2D eigenvalue weighted by molar-refractivity contribution is 6.31. The van der Waals surface area contributed by atoms with Gasteiger partial charge in [-0.3, -0.25) is 0 Å². The Kier molecular flexibility index (Phi) is 3.43. The molecule has 1 N–H and O–H groups in total. The normalized spacial score (nSPS) is 10.9. The van der Waals surface area contributed by atoms with Crippen LogP contribution in [0, 0.1) is 11.6 Å². The average molecular weight is 306 g/mol. The van der Waals surface area contributed by atoms with Crippen LogP contribution in [0.4, 0.5) is 14.6 Å². The number of hydrogen-bond acceptors (Lipinski definition) is 3. The Balaban J connectivity index is 2.29. The van der Waals surface area contributed by atoms with E-state index < -0.39 is 5.82 Å². The van der Waals surface area contributed by atoms with Crippen molar-refractivity contribution in [1.82, 2.24) is 9.97 Å². The molecule has 0 spiro atoms. The third kappa shape index (κ3) is 2.40. The zero-order valence-electron chi connectivity index (χ0n) is 11.0. The maximum Gasteiger partial charge on any atom is 0.165 e. The highest BCUT2D eigenvalue weighted by atomic mass is 35.5. The lowest BCUT2D eigenvalue weighted by molar-refractivity contribution is 0.628. The maximum atomic E-state index is 14.1. The van der Waals surface area contributed by atoms with Gasteiger partial charge in [-0.05, 0) is 30.3 Å². The van der Waals surface area contributed by atoms with Gasteiger partial charge in [0, 0.05) is 12.4 Å². The summed E-state index contributed by atoms with van der Waals surface area (Å²) in [6.45, 7) is 0. The van der Waals surface area contributed by atoms with E-state index in [9.17, 15) is 8.78 Å². The van der Waals surface area contributed by atoms with Crippen molar-refractivity contribution in [2.45, 2.75) is 0 Å². The van der Waals surface area contributed by atoms with E-state index in [4.69, 9.17) is 11.6 Å². The molecule has 0 saturated carbocycles. The van der Waals surface area contributed by atoms with E-state index in [1.165, 1.54) is 24.3 Å². The molecule has 0 fully saturated rings. The highest BCUT2D eigenvalue weighted by Crippen LogP contribution is 2.29. The molecule has 0 saturated heterocycles. The second-order valence-electron chi connectivity index (χ2n) is 4.41. The Hall–Kier alpha value is -2.27. The molecule has 0 unspecified atom stereocenters. The average Bonchev–Trinajstić information content (AvgIpc) is 2.49. The van der Waals surface area contributed by atoms with Crippen LogP contribution in [0.1, 0.15) is 0 Å². The Bertz CT molecular complexity index is 837. The van der Waals surface area contributed by atoms with Gasteiger partial charge in [0.2, 0.25) is 0 Å². The van der Waals surface area contributed by atoms with Crippen molar-refractivity contribution in [3.8, 4) is 11.4 Å². The standard InChI is InChI=1S/C15H10ClF2N3/c1-19-14-10-7-8(17)5-6-12(10)20-15(21-14)9-3-2-4-11(16)13(9)18/h2-7H,1H3,(H,19,20,21). The van der Waals surface area contributed by atoms with E-state index in [1.54, 1.807) is 19.2 Å². The van der Waals surface area contributed by atoms with Crippen molar-refractivity contribution in [2.24, 2.45) is 0 Å². The summed E-state index contributed by atoms with van der Waals surface area (Å²) < 4.78 is 27.4. The summed E-state index contributed by atoms with van der Waals surface area (Å²) in [7, 11) is 1.66. The smallest absolute Gasteiger partial charge is 0.165 e. The topological polar surface area (TPSA) is 37.8 Å². The minimum atomic E-state index is -0.581. The summed E-state index contributed by atoms with van der Waals surface area (Å²) in [4.78, 5) is 8.53. The molecular weight excluding hydrogens is 296 g/mol. The number of anilines is 1. The zero-order valence-corrected chi connectivity index (χ0v) is 11.7. The van der Waals surface area contributed by atoms with E-state index in [-0.39, 0.29) is 22.2 Å². The number of aromatic nitrogens is 2. The molecule has 0 aliphatic rings.